The summed E-state index contributed by atoms with van der Waals surface area (Å²) in [4.78, 5) is 26.1. The summed E-state index contributed by atoms with van der Waals surface area (Å²) in [6, 6.07) is 7.06. The third-order valence-corrected chi connectivity index (χ3v) is 6.26. The smallest absolute Gasteiger partial charge is 0.233 e. The van der Waals surface area contributed by atoms with E-state index in [-0.39, 0.29) is 24.2 Å². The molecule has 0 unspecified atom stereocenters. The van der Waals surface area contributed by atoms with Crippen LogP contribution in [0.15, 0.2) is 41.0 Å². The number of carbonyl (C=O) groups excluding carboxylic acids is 2. The van der Waals surface area contributed by atoms with Crippen LogP contribution in [0.5, 0.6) is 5.75 Å². The first-order valence-corrected chi connectivity index (χ1v) is 10.0. The highest BCUT2D eigenvalue weighted by atomic mass is 16.3. The van der Waals surface area contributed by atoms with Crippen molar-refractivity contribution in [2.45, 2.75) is 39.2 Å². The normalized spacial score (nSPS) is 26.2. The topological polar surface area (TPSA) is 98.1 Å². The molecule has 1 aromatic rings. The Bertz CT molecular complexity index is 872. The number of allylic oxidation sites excluding steroid dienone is 2. The number of aromatic hydroxyl groups is 1. The van der Waals surface area contributed by atoms with E-state index >= 15 is 0 Å². The number of aliphatic hydroxyl groups is 2. The highest BCUT2D eigenvalue weighted by Gasteiger charge is 2.53. The lowest BCUT2D eigenvalue weighted by molar-refractivity contribution is -0.138. The largest absolute Gasteiger partial charge is 0.507 e. The molecule has 1 aliphatic heterocycles. The molecule has 0 bridgehead atoms. The summed E-state index contributed by atoms with van der Waals surface area (Å²) >= 11 is 0. The van der Waals surface area contributed by atoms with Gasteiger partial charge in [0, 0.05) is 18.5 Å². The van der Waals surface area contributed by atoms with Crippen LogP contribution >= 0.6 is 0 Å². The van der Waals surface area contributed by atoms with Gasteiger partial charge in [-0.1, -0.05) is 35.4 Å². The molecule has 0 aromatic heterocycles. The fraction of sp³-hybridized carbons (Fsp3) is 0.478. The minimum Gasteiger partial charge on any atom is -0.507 e. The lowest BCUT2D eigenvalue weighted by Gasteiger charge is -2.35. The van der Waals surface area contributed by atoms with E-state index in [1.165, 1.54) is 7.05 Å². The number of carbonyl (C=O) groups is 2. The Morgan fingerprint density at radius 3 is 2.62 bits per heavy atom. The van der Waals surface area contributed by atoms with Gasteiger partial charge in [0.05, 0.1) is 24.5 Å². The van der Waals surface area contributed by atoms with Crippen molar-refractivity contribution in [1.82, 2.24) is 4.90 Å². The van der Waals surface area contributed by atoms with E-state index in [1.807, 2.05) is 32.1 Å². The van der Waals surface area contributed by atoms with Crippen LogP contribution in [0.2, 0.25) is 0 Å². The SMILES string of the molecule is CC1=C([C@H](O)CC/C(C)=C/c2ccccc2O)[C@H](CO)[C@@H]2C(=O)N(C)C(=O)[C@@H]2C1. The summed E-state index contributed by atoms with van der Waals surface area (Å²) in [7, 11) is 1.48. The molecule has 2 aliphatic rings. The number of phenols is 1. The zero-order valence-electron chi connectivity index (χ0n) is 17.1. The third-order valence-electron chi connectivity index (χ3n) is 6.26. The van der Waals surface area contributed by atoms with Crippen LogP contribution in [0.1, 0.15) is 38.7 Å². The maximum absolute atomic E-state index is 12.6. The van der Waals surface area contributed by atoms with E-state index < -0.39 is 23.9 Å². The van der Waals surface area contributed by atoms with Gasteiger partial charge in [-0.3, -0.25) is 14.5 Å². The summed E-state index contributed by atoms with van der Waals surface area (Å²) < 4.78 is 0. The fourth-order valence-corrected chi connectivity index (χ4v) is 4.74. The van der Waals surface area contributed by atoms with Crippen LogP contribution in [-0.2, 0) is 9.59 Å². The van der Waals surface area contributed by atoms with Crippen LogP contribution in [0.4, 0.5) is 0 Å². The highest BCUT2D eigenvalue weighted by Crippen LogP contribution is 2.45. The first-order chi connectivity index (χ1) is 13.8. The van der Waals surface area contributed by atoms with Crippen LogP contribution < -0.4 is 0 Å². The van der Waals surface area contributed by atoms with Crippen molar-refractivity contribution in [3.63, 3.8) is 0 Å². The van der Waals surface area contributed by atoms with Gasteiger partial charge in [-0.25, -0.2) is 0 Å². The zero-order chi connectivity index (χ0) is 21.3. The van der Waals surface area contributed by atoms with E-state index in [2.05, 4.69) is 0 Å². The Labute approximate surface area is 171 Å². The fourth-order valence-electron chi connectivity index (χ4n) is 4.74. The predicted molar refractivity (Wildman–Crippen MR) is 110 cm³/mol. The Morgan fingerprint density at radius 1 is 1.28 bits per heavy atom. The molecule has 1 fully saturated rings. The standard InChI is InChI=1S/C23H29NO5/c1-13(10-15-6-4-5-7-18(15)26)8-9-19(27)20-14(2)11-16-21(17(20)12-25)23(29)24(3)22(16)28/h4-7,10,16-17,19,21,25-27H,8-9,11-12H2,1-3H3/b13-10+/t16-,17+,19-,21-/m1/s1. The number of aliphatic hydroxyl groups excluding tert-OH is 2. The Morgan fingerprint density at radius 2 is 1.97 bits per heavy atom. The lowest BCUT2D eigenvalue weighted by Crippen LogP contribution is -2.38. The summed E-state index contributed by atoms with van der Waals surface area (Å²) in [6.07, 6.45) is 2.57. The number of benzene rings is 1. The van der Waals surface area contributed by atoms with Crippen molar-refractivity contribution in [1.29, 1.82) is 0 Å². The van der Waals surface area contributed by atoms with Crippen LogP contribution in [0.25, 0.3) is 6.08 Å². The molecule has 3 rings (SSSR count). The Kier molecular flexibility index (Phi) is 6.24. The summed E-state index contributed by atoms with van der Waals surface area (Å²) in [5.74, 6) is -1.84. The predicted octanol–water partition coefficient (Wildman–Crippen LogP) is 2.50. The third kappa shape index (κ3) is 4.00. The molecule has 0 radical (unpaired) electrons. The molecule has 6 heteroatoms. The van der Waals surface area contributed by atoms with Crippen molar-refractivity contribution in [2.24, 2.45) is 17.8 Å². The number of para-hydroxylation sites is 1. The molecule has 1 aromatic carbocycles. The van der Waals surface area contributed by atoms with Crippen molar-refractivity contribution < 1.29 is 24.9 Å². The molecule has 1 heterocycles. The molecule has 1 aliphatic carbocycles. The minimum absolute atomic E-state index is 0.201. The van der Waals surface area contributed by atoms with Crippen molar-refractivity contribution >= 4 is 17.9 Å². The number of phenolic OH excluding ortho intramolecular Hbond substituents is 1. The van der Waals surface area contributed by atoms with Crippen molar-refractivity contribution in [2.75, 3.05) is 13.7 Å². The monoisotopic (exact) mass is 399 g/mol. The molecule has 0 spiro atoms. The van der Waals surface area contributed by atoms with E-state index in [4.69, 9.17) is 0 Å². The van der Waals surface area contributed by atoms with Gasteiger partial charge in [-0.05, 0) is 44.7 Å². The molecule has 3 N–H and O–H groups in total. The number of imide groups is 1. The second-order valence-corrected chi connectivity index (χ2v) is 8.20. The first-order valence-electron chi connectivity index (χ1n) is 10.0. The molecule has 156 valence electrons. The maximum atomic E-state index is 12.6. The lowest BCUT2D eigenvalue weighted by atomic mass is 9.68. The van der Waals surface area contributed by atoms with E-state index in [0.29, 0.717) is 24.8 Å². The van der Waals surface area contributed by atoms with Crippen LogP contribution in [-0.4, -0.2) is 51.8 Å². The average molecular weight is 399 g/mol. The molecule has 0 saturated carbocycles. The highest BCUT2D eigenvalue weighted by molar-refractivity contribution is 6.05. The van der Waals surface area contributed by atoms with Gasteiger partial charge in [-0.15, -0.1) is 0 Å². The summed E-state index contributed by atoms with van der Waals surface area (Å²) in [6.45, 7) is 3.54. The Hall–Kier alpha value is -2.44. The van der Waals surface area contributed by atoms with Gasteiger partial charge in [-0.2, -0.15) is 0 Å². The number of hydrogen-bond donors (Lipinski definition) is 3. The van der Waals surface area contributed by atoms with Crippen LogP contribution in [0, 0.1) is 17.8 Å². The minimum atomic E-state index is -0.797. The number of fused-ring (bicyclic) bond motifs is 1. The summed E-state index contributed by atoms with van der Waals surface area (Å²) in [5.41, 5.74) is 3.31. The van der Waals surface area contributed by atoms with Crippen LogP contribution in [0.3, 0.4) is 0 Å². The van der Waals surface area contributed by atoms with Crippen molar-refractivity contribution in [3.8, 4) is 5.75 Å². The molecule has 4 atom stereocenters. The Balaban J connectivity index is 1.76. The van der Waals surface area contributed by atoms with Gasteiger partial charge in [0.15, 0.2) is 0 Å². The van der Waals surface area contributed by atoms with Crippen molar-refractivity contribution in [3.05, 3.63) is 46.5 Å². The molecular formula is C23H29NO5. The molecule has 2 amide bonds. The average Bonchev–Trinajstić information content (AvgIpc) is 2.91. The van der Waals surface area contributed by atoms with E-state index in [1.54, 1.807) is 12.1 Å². The van der Waals surface area contributed by atoms with Gasteiger partial charge < -0.3 is 15.3 Å². The molecule has 1 saturated heterocycles. The zero-order valence-corrected chi connectivity index (χ0v) is 17.1. The number of amides is 2. The number of likely N-dealkylation sites (tertiary alicyclic amines) is 1. The van der Waals surface area contributed by atoms with E-state index in [9.17, 15) is 24.9 Å². The second-order valence-electron chi connectivity index (χ2n) is 8.20. The quantitative estimate of drug-likeness (QED) is 0.504. The maximum Gasteiger partial charge on any atom is 0.233 e. The molecule has 6 nitrogen and oxygen atoms in total. The van der Waals surface area contributed by atoms with Gasteiger partial charge >= 0.3 is 0 Å². The van der Waals surface area contributed by atoms with E-state index in [0.717, 1.165) is 21.6 Å². The summed E-state index contributed by atoms with van der Waals surface area (Å²) in [5, 5.41) is 30.8. The molecule has 29 heavy (non-hydrogen) atoms. The first kappa shape index (κ1) is 21.3. The second kappa shape index (κ2) is 8.51. The number of hydrogen-bond acceptors (Lipinski definition) is 5. The number of nitrogens with zero attached hydrogens (tertiary/aromatic N) is 1. The number of rotatable bonds is 6. The van der Waals surface area contributed by atoms with Gasteiger partial charge in [0.2, 0.25) is 11.8 Å². The molecular weight excluding hydrogens is 370 g/mol. The van der Waals surface area contributed by atoms with Gasteiger partial charge in [0.25, 0.3) is 0 Å². The van der Waals surface area contributed by atoms with Gasteiger partial charge in [0.1, 0.15) is 5.75 Å².